The van der Waals surface area contributed by atoms with Crippen molar-refractivity contribution >= 4 is 0 Å². The standard InChI is InChI=1S/C15H23NO/c1-10(2)11-6-5-7-12(8-11)17-14-9-13(16)15(14,3)4/h5-8,10,13-14H,9,16H2,1-4H3. The number of ether oxygens (including phenoxy) is 1. The van der Waals surface area contributed by atoms with Crippen LogP contribution < -0.4 is 10.5 Å². The second-order valence-corrected chi connectivity index (χ2v) is 6.00. The Hall–Kier alpha value is -1.02. The summed E-state index contributed by atoms with van der Waals surface area (Å²) >= 11 is 0. The fourth-order valence-electron chi connectivity index (χ4n) is 2.23. The van der Waals surface area contributed by atoms with Gasteiger partial charge in [-0.3, -0.25) is 0 Å². The Bertz CT molecular complexity index is 398. The van der Waals surface area contributed by atoms with Crippen molar-refractivity contribution in [2.24, 2.45) is 11.1 Å². The summed E-state index contributed by atoms with van der Waals surface area (Å²) in [5.41, 5.74) is 7.41. The molecule has 94 valence electrons. The first-order valence-corrected chi connectivity index (χ1v) is 6.43. The molecule has 1 aromatic rings. The molecule has 2 atom stereocenters. The van der Waals surface area contributed by atoms with Crippen LogP contribution in [0.1, 0.15) is 45.6 Å². The van der Waals surface area contributed by atoms with Gasteiger partial charge in [-0.15, -0.1) is 0 Å². The Morgan fingerprint density at radius 2 is 2.06 bits per heavy atom. The van der Waals surface area contributed by atoms with Crippen molar-refractivity contribution in [1.82, 2.24) is 0 Å². The van der Waals surface area contributed by atoms with Gasteiger partial charge in [-0.2, -0.15) is 0 Å². The van der Waals surface area contributed by atoms with Gasteiger partial charge in [0.15, 0.2) is 0 Å². The van der Waals surface area contributed by atoms with Gasteiger partial charge in [0.2, 0.25) is 0 Å². The zero-order valence-electron chi connectivity index (χ0n) is 11.2. The average molecular weight is 233 g/mol. The maximum absolute atomic E-state index is 6.05. The molecule has 0 saturated heterocycles. The van der Waals surface area contributed by atoms with Gasteiger partial charge in [0.1, 0.15) is 11.9 Å². The smallest absolute Gasteiger partial charge is 0.120 e. The van der Waals surface area contributed by atoms with Crippen LogP contribution in [0, 0.1) is 5.41 Å². The number of hydrogen-bond acceptors (Lipinski definition) is 2. The number of nitrogens with two attached hydrogens (primary N) is 1. The van der Waals surface area contributed by atoms with Crippen LogP contribution in [0.3, 0.4) is 0 Å². The topological polar surface area (TPSA) is 35.2 Å². The van der Waals surface area contributed by atoms with Crippen LogP contribution >= 0.6 is 0 Å². The lowest BCUT2D eigenvalue weighted by molar-refractivity contribution is -0.0400. The first-order valence-electron chi connectivity index (χ1n) is 6.43. The van der Waals surface area contributed by atoms with Crippen molar-refractivity contribution in [2.45, 2.75) is 52.2 Å². The lowest BCUT2D eigenvalue weighted by Crippen LogP contribution is -2.60. The molecule has 2 nitrogen and oxygen atoms in total. The Morgan fingerprint density at radius 3 is 2.59 bits per heavy atom. The highest BCUT2D eigenvalue weighted by Crippen LogP contribution is 2.41. The monoisotopic (exact) mass is 233 g/mol. The highest BCUT2D eigenvalue weighted by Gasteiger charge is 2.47. The predicted octanol–water partition coefficient (Wildman–Crippen LogP) is 3.31. The molecule has 17 heavy (non-hydrogen) atoms. The van der Waals surface area contributed by atoms with Gasteiger partial charge in [0.05, 0.1) is 0 Å². The molecule has 2 N–H and O–H groups in total. The van der Waals surface area contributed by atoms with E-state index in [-0.39, 0.29) is 17.6 Å². The highest BCUT2D eigenvalue weighted by atomic mass is 16.5. The van der Waals surface area contributed by atoms with Crippen molar-refractivity contribution in [3.8, 4) is 5.75 Å². The van der Waals surface area contributed by atoms with E-state index < -0.39 is 0 Å². The van der Waals surface area contributed by atoms with Crippen molar-refractivity contribution < 1.29 is 4.74 Å². The molecular weight excluding hydrogens is 210 g/mol. The van der Waals surface area contributed by atoms with Crippen molar-refractivity contribution in [3.63, 3.8) is 0 Å². The van der Waals surface area contributed by atoms with Crippen LogP contribution in [-0.2, 0) is 0 Å². The van der Waals surface area contributed by atoms with Gasteiger partial charge in [0.25, 0.3) is 0 Å². The molecule has 0 radical (unpaired) electrons. The second kappa shape index (κ2) is 4.34. The number of rotatable bonds is 3. The van der Waals surface area contributed by atoms with E-state index in [1.54, 1.807) is 0 Å². The Balaban J connectivity index is 2.07. The molecule has 2 unspecified atom stereocenters. The second-order valence-electron chi connectivity index (χ2n) is 6.00. The van der Waals surface area contributed by atoms with E-state index in [1.807, 2.05) is 6.07 Å². The van der Waals surface area contributed by atoms with Crippen LogP contribution in [-0.4, -0.2) is 12.1 Å². The quantitative estimate of drug-likeness (QED) is 0.869. The molecule has 2 heteroatoms. The molecule has 1 aliphatic rings. The predicted molar refractivity (Wildman–Crippen MR) is 71.3 cm³/mol. The summed E-state index contributed by atoms with van der Waals surface area (Å²) in [6, 6.07) is 8.66. The van der Waals surface area contributed by atoms with Crippen LogP contribution in [0.15, 0.2) is 24.3 Å². The molecule has 0 aliphatic heterocycles. The zero-order valence-corrected chi connectivity index (χ0v) is 11.2. The maximum atomic E-state index is 6.05. The lowest BCUT2D eigenvalue weighted by atomic mass is 9.65. The Kier molecular flexibility index (Phi) is 3.17. The fourth-order valence-corrected chi connectivity index (χ4v) is 2.23. The number of benzene rings is 1. The summed E-state index contributed by atoms with van der Waals surface area (Å²) in [6.07, 6.45) is 1.21. The molecule has 0 bridgehead atoms. The minimum atomic E-state index is 0.0911. The molecule has 2 rings (SSSR count). The van der Waals surface area contributed by atoms with E-state index in [0.29, 0.717) is 5.92 Å². The molecule has 0 heterocycles. The van der Waals surface area contributed by atoms with Crippen LogP contribution in [0.5, 0.6) is 5.75 Å². The third-order valence-electron chi connectivity index (χ3n) is 4.06. The summed E-state index contributed by atoms with van der Waals surface area (Å²) in [7, 11) is 0. The zero-order chi connectivity index (χ0) is 12.6. The molecule has 0 amide bonds. The van der Waals surface area contributed by atoms with Gasteiger partial charge in [0, 0.05) is 17.9 Å². The Labute approximate surface area is 104 Å². The molecule has 1 saturated carbocycles. The van der Waals surface area contributed by atoms with Gasteiger partial charge < -0.3 is 10.5 Å². The third-order valence-corrected chi connectivity index (χ3v) is 4.06. The Morgan fingerprint density at radius 1 is 1.35 bits per heavy atom. The van der Waals surface area contributed by atoms with E-state index in [1.165, 1.54) is 5.56 Å². The molecule has 0 spiro atoms. The van der Waals surface area contributed by atoms with Crippen molar-refractivity contribution in [1.29, 1.82) is 0 Å². The molecule has 1 fully saturated rings. The van der Waals surface area contributed by atoms with E-state index in [0.717, 1.165) is 12.2 Å². The lowest BCUT2D eigenvalue weighted by Gasteiger charge is -2.49. The maximum Gasteiger partial charge on any atom is 0.120 e. The summed E-state index contributed by atoms with van der Waals surface area (Å²) in [6.45, 7) is 8.75. The van der Waals surface area contributed by atoms with Gasteiger partial charge >= 0.3 is 0 Å². The molecule has 1 aliphatic carbocycles. The largest absolute Gasteiger partial charge is 0.490 e. The normalized spacial score (nSPS) is 26.7. The minimum absolute atomic E-state index is 0.0911. The SMILES string of the molecule is CC(C)c1cccc(OC2CC(N)C2(C)C)c1. The molecule has 1 aromatic carbocycles. The van der Waals surface area contributed by atoms with E-state index in [9.17, 15) is 0 Å². The minimum Gasteiger partial charge on any atom is -0.490 e. The van der Waals surface area contributed by atoms with E-state index in [2.05, 4.69) is 45.9 Å². The van der Waals surface area contributed by atoms with Crippen LogP contribution in [0.4, 0.5) is 0 Å². The fraction of sp³-hybridized carbons (Fsp3) is 0.600. The highest BCUT2D eigenvalue weighted by molar-refractivity contribution is 5.31. The van der Waals surface area contributed by atoms with E-state index in [4.69, 9.17) is 10.5 Å². The van der Waals surface area contributed by atoms with Crippen molar-refractivity contribution in [3.05, 3.63) is 29.8 Å². The van der Waals surface area contributed by atoms with E-state index >= 15 is 0 Å². The van der Waals surface area contributed by atoms with Crippen LogP contribution in [0.2, 0.25) is 0 Å². The average Bonchev–Trinajstić information content (AvgIpc) is 2.29. The third kappa shape index (κ3) is 2.32. The summed E-state index contributed by atoms with van der Waals surface area (Å²) in [5, 5.41) is 0. The van der Waals surface area contributed by atoms with Gasteiger partial charge in [-0.25, -0.2) is 0 Å². The number of hydrogen-bond donors (Lipinski definition) is 1. The van der Waals surface area contributed by atoms with Crippen LogP contribution in [0.25, 0.3) is 0 Å². The summed E-state index contributed by atoms with van der Waals surface area (Å²) in [4.78, 5) is 0. The summed E-state index contributed by atoms with van der Waals surface area (Å²) in [5.74, 6) is 1.51. The van der Waals surface area contributed by atoms with Gasteiger partial charge in [-0.1, -0.05) is 39.8 Å². The first kappa shape index (κ1) is 12.4. The molecule has 0 aromatic heterocycles. The van der Waals surface area contributed by atoms with Crippen molar-refractivity contribution in [2.75, 3.05) is 0 Å². The van der Waals surface area contributed by atoms with Gasteiger partial charge in [-0.05, 0) is 23.6 Å². The summed E-state index contributed by atoms with van der Waals surface area (Å²) < 4.78 is 6.05. The molecular formula is C15H23NO. The first-order chi connectivity index (χ1) is 7.91.